The van der Waals surface area contributed by atoms with E-state index >= 15 is 0 Å². The van der Waals surface area contributed by atoms with Crippen LogP contribution in [0.1, 0.15) is 37.3 Å². The molecule has 1 amide bonds. The Morgan fingerprint density at radius 2 is 2.00 bits per heavy atom. The van der Waals surface area contributed by atoms with E-state index in [-0.39, 0.29) is 12.5 Å². The number of aliphatic hydroxyl groups is 1. The normalized spacial score (nSPS) is 12.1. The molecule has 1 aromatic rings. The number of carbonyl (C=O) groups is 1. The average Bonchev–Trinajstić information content (AvgIpc) is 2.47. The molecule has 1 atom stereocenters. The third-order valence-corrected chi connectivity index (χ3v) is 4.45. The maximum absolute atomic E-state index is 11.8. The highest BCUT2D eigenvalue weighted by molar-refractivity contribution is 7.99. The van der Waals surface area contributed by atoms with Gasteiger partial charge in [0.15, 0.2) is 0 Å². The van der Waals surface area contributed by atoms with Crippen LogP contribution in [-0.4, -0.2) is 29.9 Å². The average molecular weight is 309 g/mol. The van der Waals surface area contributed by atoms with Gasteiger partial charge < -0.3 is 10.4 Å². The van der Waals surface area contributed by atoms with Gasteiger partial charge in [-0.05, 0) is 31.2 Å². The summed E-state index contributed by atoms with van der Waals surface area (Å²) in [6.45, 7) is 5.08. The lowest BCUT2D eigenvalue weighted by atomic mass is 10.0. The molecule has 3 nitrogen and oxygen atoms in total. The summed E-state index contributed by atoms with van der Waals surface area (Å²) in [6, 6.07) is 8.41. The van der Waals surface area contributed by atoms with Gasteiger partial charge >= 0.3 is 0 Å². The van der Waals surface area contributed by atoms with Crippen LogP contribution < -0.4 is 5.32 Å². The van der Waals surface area contributed by atoms with Crippen molar-refractivity contribution in [1.29, 1.82) is 0 Å². The van der Waals surface area contributed by atoms with Gasteiger partial charge in [-0.3, -0.25) is 4.79 Å². The van der Waals surface area contributed by atoms with Crippen LogP contribution >= 0.6 is 11.8 Å². The van der Waals surface area contributed by atoms with Crippen LogP contribution in [0.25, 0.3) is 0 Å². The molecule has 1 unspecified atom stereocenters. The van der Waals surface area contributed by atoms with Crippen LogP contribution in [0.2, 0.25) is 0 Å². The molecule has 2 N–H and O–H groups in total. The van der Waals surface area contributed by atoms with E-state index in [0.29, 0.717) is 18.2 Å². The topological polar surface area (TPSA) is 49.3 Å². The van der Waals surface area contributed by atoms with Crippen LogP contribution in [0.5, 0.6) is 0 Å². The highest BCUT2D eigenvalue weighted by Gasteiger charge is 2.09. The van der Waals surface area contributed by atoms with E-state index in [1.54, 1.807) is 11.8 Å². The molecular weight excluding hydrogens is 282 g/mol. The number of benzene rings is 1. The Balaban J connectivity index is 2.19. The minimum absolute atomic E-state index is 0.0890. The number of aryl methyl sites for hydroxylation is 1. The minimum Gasteiger partial charge on any atom is -0.396 e. The van der Waals surface area contributed by atoms with Crippen molar-refractivity contribution in [2.75, 3.05) is 18.9 Å². The fourth-order valence-electron chi connectivity index (χ4n) is 2.19. The van der Waals surface area contributed by atoms with Gasteiger partial charge in [0, 0.05) is 18.9 Å². The number of nitrogens with one attached hydrogen (secondary N) is 1. The number of hydrogen-bond donors (Lipinski definition) is 2. The Hall–Kier alpha value is -1.00. The van der Waals surface area contributed by atoms with Crippen molar-refractivity contribution in [3.63, 3.8) is 0 Å². The van der Waals surface area contributed by atoms with E-state index in [4.69, 9.17) is 5.11 Å². The Morgan fingerprint density at radius 3 is 2.62 bits per heavy atom. The second-order valence-corrected chi connectivity index (χ2v) is 6.44. The monoisotopic (exact) mass is 309 g/mol. The molecule has 0 aliphatic rings. The molecule has 1 rings (SSSR count). The van der Waals surface area contributed by atoms with Gasteiger partial charge in [-0.2, -0.15) is 0 Å². The molecular formula is C17H27NO2S. The standard InChI is InChI=1S/C17H27NO2S/c1-3-4-15(9-10-19)11-18-17(20)13-21-12-16-7-5-14(2)6-8-16/h5-8,15,19H,3-4,9-13H2,1-2H3,(H,18,20). The summed E-state index contributed by atoms with van der Waals surface area (Å²) in [7, 11) is 0. The molecule has 0 aromatic heterocycles. The first kappa shape index (κ1) is 18.1. The molecule has 0 bridgehead atoms. The van der Waals surface area contributed by atoms with E-state index < -0.39 is 0 Å². The number of hydrogen-bond acceptors (Lipinski definition) is 3. The molecule has 0 saturated carbocycles. The van der Waals surface area contributed by atoms with Gasteiger partial charge in [-0.25, -0.2) is 0 Å². The van der Waals surface area contributed by atoms with Gasteiger partial charge in [-0.15, -0.1) is 11.8 Å². The second-order valence-electron chi connectivity index (χ2n) is 5.45. The molecule has 0 aliphatic carbocycles. The second kappa shape index (κ2) is 10.7. The minimum atomic E-state index is 0.0890. The third-order valence-electron chi connectivity index (χ3n) is 3.44. The molecule has 0 spiro atoms. The molecule has 4 heteroatoms. The predicted molar refractivity (Wildman–Crippen MR) is 90.5 cm³/mol. The van der Waals surface area contributed by atoms with Gasteiger partial charge in [0.05, 0.1) is 5.75 Å². The van der Waals surface area contributed by atoms with Crippen LogP contribution in [-0.2, 0) is 10.5 Å². The first-order valence-electron chi connectivity index (χ1n) is 7.66. The van der Waals surface area contributed by atoms with E-state index in [9.17, 15) is 4.79 Å². The lowest BCUT2D eigenvalue weighted by molar-refractivity contribution is -0.118. The molecule has 0 aliphatic heterocycles. The number of rotatable bonds is 10. The van der Waals surface area contributed by atoms with Crippen LogP contribution in [0, 0.1) is 12.8 Å². The predicted octanol–water partition coefficient (Wildman–Crippen LogP) is 3.14. The van der Waals surface area contributed by atoms with Crippen molar-refractivity contribution >= 4 is 17.7 Å². The fourth-order valence-corrected chi connectivity index (χ4v) is 3.01. The largest absolute Gasteiger partial charge is 0.396 e. The molecule has 0 heterocycles. The smallest absolute Gasteiger partial charge is 0.230 e. The summed E-state index contributed by atoms with van der Waals surface area (Å²) < 4.78 is 0. The Labute approximate surface area is 132 Å². The van der Waals surface area contributed by atoms with Crippen molar-refractivity contribution in [2.24, 2.45) is 5.92 Å². The van der Waals surface area contributed by atoms with Gasteiger partial charge in [0.25, 0.3) is 0 Å². The maximum atomic E-state index is 11.8. The summed E-state index contributed by atoms with van der Waals surface area (Å²) in [5.41, 5.74) is 2.51. The summed E-state index contributed by atoms with van der Waals surface area (Å²) in [6.07, 6.45) is 2.91. The fraction of sp³-hybridized carbons (Fsp3) is 0.588. The molecule has 21 heavy (non-hydrogen) atoms. The number of aliphatic hydroxyl groups excluding tert-OH is 1. The molecule has 118 valence electrons. The van der Waals surface area contributed by atoms with E-state index in [1.807, 2.05) is 0 Å². The number of carbonyl (C=O) groups excluding carboxylic acids is 1. The van der Waals surface area contributed by atoms with Crippen LogP contribution in [0.4, 0.5) is 0 Å². The zero-order chi connectivity index (χ0) is 15.5. The van der Waals surface area contributed by atoms with Crippen molar-refractivity contribution in [3.05, 3.63) is 35.4 Å². The van der Waals surface area contributed by atoms with Crippen molar-refractivity contribution in [2.45, 2.75) is 38.9 Å². The summed E-state index contributed by atoms with van der Waals surface area (Å²) in [5, 5.41) is 12.0. The van der Waals surface area contributed by atoms with Crippen molar-refractivity contribution < 1.29 is 9.90 Å². The third kappa shape index (κ3) is 8.12. The first-order chi connectivity index (χ1) is 10.2. The van der Waals surface area contributed by atoms with E-state index in [2.05, 4.69) is 43.4 Å². The number of thioether (sulfide) groups is 1. The summed E-state index contributed by atoms with van der Waals surface area (Å²) >= 11 is 1.64. The molecule has 0 radical (unpaired) electrons. The summed E-state index contributed by atoms with van der Waals surface area (Å²) in [4.78, 5) is 11.8. The van der Waals surface area contributed by atoms with Crippen LogP contribution in [0.3, 0.4) is 0 Å². The first-order valence-corrected chi connectivity index (χ1v) is 8.82. The summed E-state index contributed by atoms with van der Waals surface area (Å²) in [5.74, 6) is 1.84. The molecule has 0 fully saturated rings. The lowest BCUT2D eigenvalue weighted by Gasteiger charge is -2.15. The maximum Gasteiger partial charge on any atom is 0.230 e. The molecule has 1 aromatic carbocycles. The van der Waals surface area contributed by atoms with Gasteiger partial charge in [0.2, 0.25) is 5.91 Å². The highest BCUT2D eigenvalue weighted by atomic mass is 32.2. The van der Waals surface area contributed by atoms with Crippen LogP contribution in [0.15, 0.2) is 24.3 Å². The van der Waals surface area contributed by atoms with Crippen molar-refractivity contribution in [1.82, 2.24) is 5.32 Å². The van der Waals surface area contributed by atoms with Crippen molar-refractivity contribution in [3.8, 4) is 0 Å². The Kier molecular flexibility index (Phi) is 9.19. The Bertz CT molecular complexity index is 400. The van der Waals surface area contributed by atoms with Gasteiger partial charge in [0.1, 0.15) is 0 Å². The highest BCUT2D eigenvalue weighted by Crippen LogP contribution is 2.13. The van der Waals surface area contributed by atoms with Gasteiger partial charge in [-0.1, -0.05) is 43.2 Å². The van der Waals surface area contributed by atoms with E-state index in [1.165, 1.54) is 11.1 Å². The Morgan fingerprint density at radius 1 is 1.29 bits per heavy atom. The number of amides is 1. The zero-order valence-electron chi connectivity index (χ0n) is 13.1. The molecule has 0 saturated heterocycles. The zero-order valence-corrected chi connectivity index (χ0v) is 13.9. The lowest BCUT2D eigenvalue weighted by Crippen LogP contribution is -2.31. The SMILES string of the molecule is CCCC(CCO)CNC(=O)CSCc1ccc(C)cc1. The van der Waals surface area contributed by atoms with E-state index in [0.717, 1.165) is 25.0 Å². The quantitative estimate of drug-likeness (QED) is 0.698.